The van der Waals surface area contributed by atoms with Crippen LogP contribution in [0.25, 0.3) is 0 Å². The third-order valence-corrected chi connectivity index (χ3v) is 2.58. The molecule has 0 spiro atoms. The van der Waals surface area contributed by atoms with E-state index in [4.69, 9.17) is 5.26 Å². The van der Waals surface area contributed by atoms with E-state index in [0.717, 1.165) is 0 Å². The highest BCUT2D eigenvalue weighted by molar-refractivity contribution is 7.94. The second kappa shape index (κ2) is 4.66. The summed E-state index contributed by atoms with van der Waals surface area (Å²) in [5, 5.41) is 16.2. The van der Waals surface area contributed by atoms with Gasteiger partial charge in [-0.05, 0) is 16.0 Å². The van der Waals surface area contributed by atoms with Gasteiger partial charge in [-0.2, -0.15) is 14.1 Å². The van der Waals surface area contributed by atoms with Gasteiger partial charge in [0.15, 0.2) is 0 Å². The summed E-state index contributed by atoms with van der Waals surface area (Å²) in [7, 11) is 0. The average Bonchev–Trinajstić information content (AvgIpc) is 2.68. The first-order chi connectivity index (χ1) is 7.38. The maximum atomic E-state index is 8.48. The quantitative estimate of drug-likeness (QED) is 0.577. The van der Waals surface area contributed by atoms with E-state index in [2.05, 4.69) is 10.4 Å². The van der Waals surface area contributed by atoms with Crippen LogP contribution in [0.4, 0.5) is 0 Å². The molecule has 1 heterocycles. The topological polar surface area (TPSA) is 55.0 Å². The molecule has 1 aromatic carbocycles. The van der Waals surface area contributed by atoms with Crippen LogP contribution >= 0.6 is 12.1 Å². The minimum atomic E-state index is 0.249. The molecule has 0 unspecified atom stereocenters. The van der Waals surface area contributed by atoms with Gasteiger partial charge in [0.2, 0.25) is 0 Å². The Balaban J connectivity index is 1.89. The van der Waals surface area contributed by atoms with E-state index in [9.17, 15) is 0 Å². The van der Waals surface area contributed by atoms with Gasteiger partial charge in [0.25, 0.3) is 0 Å². The van der Waals surface area contributed by atoms with Crippen LogP contribution < -0.4 is 0 Å². The van der Waals surface area contributed by atoms with Gasteiger partial charge in [-0.15, -0.1) is 0 Å². The van der Waals surface area contributed by atoms with Crippen LogP contribution in [0.1, 0.15) is 5.56 Å². The van der Waals surface area contributed by atoms with Crippen LogP contribution in [-0.4, -0.2) is 15.4 Å². The molecule has 1 aliphatic heterocycles. The Labute approximate surface area is 92.2 Å². The fourth-order valence-corrected chi connectivity index (χ4v) is 1.82. The molecule has 1 aliphatic rings. The number of hydrogen-bond acceptors (Lipinski definition) is 6. The molecule has 5 nitrogen and oxygen atoms in total. The highest BCUT2D eigenvalue weighted by Crippen LogP contribution is 2.26. The molecule has 6 heteroatoms. The van der Waals surface area contributed by atoms with E-state index in [-0.39, 0.29) is 6.54 Å². The summed E-state index contributed by atoms with van der Waals surface area (Å²) in [5.74, 6) is 0. The maximum absolute atomic E-state index is 8.48. The van der Waals surface area contributed by atoms with Crippen molar-refractivity contribution in [3.05, 3.63) is 35.9 Å². The average molecular weight is 219 g/mol. The van der Waals surface area contributed by atoms with Gasteiger partial charge in [-0.25, -0.2) is 0 Å². The molecule has 0 radical (unpaired) electrons. The van der Waals surface area contributed by atoms with Crippen molar-refractivity contribution in [2.75, 3.05) is 6.54 Å². The summed E-state index contributed by atoms with van der Waals surface area (Å²) < 4.78 is 3.29. The molecular weight excluding hydrogens is 210 g/mol. The number of rotatable bonds is 3. The zero-order valence-electron chi connectivity index (χ0n) is 7.95. The SMILES string of the molecule is N#CCN1N=NN(Cc2ccccc2)S1. The number of nitriles is 1. The van der Waals surface area contributed by atoms with Gasteiger partial charge in [-0.1, -0.05) is 30.3 Å². The smallest absolute Gasteiger partial charge is 0.138 e. The second-order valence-electron chi connectivity index (χ2n) is 2.92. The van der Waals surface area contributed by atoms with Crippen molar-refractivity contribution < 1.29 is 0 Å². The van der Waals surface area contributed by atoms with Crippen LogP contribution in [0.3, 0.4) is 0 Å². The second-order valence-corrected chi connectivity index (χ2v) is 3.93. The molecule has 0 bridgehead atoms. The number of hydrogen-bond donors (Lipinski definition) is 0. The molecule has 0 fully saturated rings. The highest BCUT2D eigenvalue weighted by Gasteiger charge is 2.16. The monoisotopic (exact) mass is 219 g/mol. The summed E-state index contributed by atoms with van der Waals surface area (Å²) in [6, 6.07) is 12.0. The van der Waals surface area contributed by atoms with Gasteiger partial charge in [0, 0.05) is 0 Å². The van der Waals surface area contributed by atoms with Gasteiger partial charge < -0.3 is 0 Å². The first-order valence-electron chi connectivity index (χ1n) is 4.44. The first-order valence-corrected chi connectivity index (χ1v) is 5.17. The van der Waals surface area contributed by atoms with Crippen molar-refractivity contribution in [2.24, 2.45) is 10.4 Å². The van der Waals surface area contributed by atoms with Crippen LogP contribution in [-0.2, 0) is 6.54 Å². The third-order valence-electron chi connectivity index (χ3n) is 1.79. The van der Waals surface area contributed by atoms with E-state index in [1.165, 1.54) is 17.7 Å². The van der Waals surface area contributed by atoms with E-state index in [1.54, 1.807) is 8.83 Å². The summed E-state index contributed by atoms with van der Waals surface area (Å²) in [5.41, 5.74) is 1.17. The van der Waals surface area contributed by atoms with E-state index in [1.807, 2.05) is 36.4 Å². The van der Waals surface area contributed by atoms with Gasteiger partial charge >= 0.3 is 0 Å². The minimum absolute atomic E-state index is 0.249. The van der Waals surface area contributed by atoms with Crippen molar-refractivity contribution in [2.45, 2.75) is 6.54 Å². The van der Waals surface area contributed by atoms with Gasteiger partial charge in [0.1, 0.15) is 18.7 Å². The Morgan fingerprint density at radius 3 is 2.67 bits per heavy atom. The maximum Gasteiger partial charge on any atom is 0.138 e. The van der Waals surface area contributed by atoms with Crippen LogP contribution in [0.15, 0.2) is 40.8 Å². The van der Waals surface area contributed by atoms with Crippen molar-refractivity contribution in [1.29, 1.82) is 5.26 Å². The zero-order chi connectivity index (χ0) is 10.5. The molecule has 0 saturated carbocycles. The normalized spacial score (nSPS) is 14.3. The molecule has 0 N–H and O–H groups in total. The van der Waals surface area contributed by atoms with E-state index >= 15 is 0 Å². The Bertz CT molecular complexity index is 385. The molecule has 15 heavy (non-hydrogen) atoms. The van der Waals surface area contributed by atoms with Crippen LogP contribution in [0, 0.1) is 11.3 Å². The Morgan fingerprint density at radius 1 is 1.20 bits per heavy atom. The Hall–Kier alpha value is -1.74. The molecule has 0 atom stereocenters. The molecule has 1 aromatic rings. The molecule has 0 aromatic heterocycles. The lowest BCUT2D eigenvalue weighted by atomic mass is 10.2. The molecule has 76 valence electrons. The molecular formula is C9H9N5S. The lowest BCUT2D eigenvalue weighted by Gasteiger charge is -2.11. The fourth-order valence-electron chi connectivity index (χ4n) is 1.15. The standard InChI is InChI=1S/C9H9N5S/c10-6-7-13-11-12-14(15-13)8-9-4-2-1-3-5-9/h1-5H,7-8H2. The van der Waals surface area contributed by atoms with Crippen molar-refractivity contribution >= 4 is 12.1 Å². The van der Waals surface area contributed by atoms with E-state index < -0.39 is 0 Å². The predicted octanol–water partition coefficient (Wildman–Crippen LogP) is 2.17. The van der Waals surface area contributed by atoms with Crippen LogP contribution in [0.2, 0.25) is 0 Å². The van der Waals surface area contributed by atoms with Gasteiger partial charge in [-0.3, -0.25) is 0 Å². The van der Waals surface area contributed by atoms with E-state index in [0.29, 0.717) is 6.54 Å². The summed E-state index contributed by atoms with van der Waals surface area (Å²) in [4.78, 5) is 0. The lowest BCUT2D eigenvalue weighted by Crippen LogP contribution is -2.10. The van der Waals surface area contributed by atoms with Crippen molar-refractivity contribution in [1.82, 2.24) is 8.83 Å². The summed E-state index contributed by atoms with van der Waals surface area (Å²) in [6.45, 7) is 0.941. The number of benzene rings is 1. The van der Waals surface area contributed by atoms with Crippen molar-refractivity contribution in [3.63, 3.8) is 0 Å². The lowest BCUT2D eigenvalue weighted by molar-refractivity contribution is 0.465. The summed E-state index contributed by atoms with van der Waals surface area (Å²) in [6.07, 6.45) is 0. The largest absolute Gasteiger partial charge is 0.196 e. The summed E-state index contributed by atoms with van der Waals surface area (Å²) >= 11 is 1.34. The van der Waals surface area contributed by atoms with Crippen LogP contribution in [0.5, 0.6) is 0 Å². The molecule has 0 amide bonds. The minimum Gasteiger partial charge on any atom is -0.196 e. The Morgan fingerprint density at radius 2 is 1.93 bits per heavy atom. The molecule has 0 saturated heterocycles. The fraction of sp³-hybridized carbons (Fsp3) is 0.222. The Kier molecular flexibility index (Phi) is 3.05. The predicted molar refractivity (Wildman–Crippen MR) is 56.8 cm³/mol. The van der Waals surface area contributed by atoms with Gasteiger partial charge in [0.05, 0.1) is 12.6 Å². The molecule has 2 rings (SSSR count). The zero-order valence-corrected chi connectivity index (χ0v) is 8.76. The van der Waals surface area contributed by atoms with Crippen molar-refractivity contribution in [3.8, 4) is 6.07 Å². The molecule has 0 aliphatic carbocycles. The highest BCUT2D eigenvalue weighted by atomic mass is 32.2. The third kappa shape index (κ3) is 2.60. The first kappa shape index (κ1) is 9.80. The number of nitrogens with zero attached hydrogens (tertiary/aromatic N) is 5.